The average molecular weight is 280 g/mol. The van der Waals surface area contributed by atoms with Gasteiger partial charge in [0.15, 0.2) is 0 Å². The van der Waals surface area contributed by atoms with E-state index in [4.69, 9.17) is 10.5 Å². The van der Waals surface area contributed by atoms with Crippen molar-refractivity contribution in [2.24, 2.45) is 5.41 Å². The van der Waals surface area contributed by atoms with E-state index in [9.17, 15) is 5.11 Å². The van der Waals surface area contributed by atoms with Gasteiger partial charge in [0.25, 0.3) is 0 Å². The van der Waals surface area contributed by atoms with Gasteiger partial charge in [0, 0.05) is 24.3 Å². The molecule has 1 aromatic rings. The van der Waals surface area contributed by atoms with Crippen LogP contribution in [0.25, 0.3) is 0 Å². The minimum atomic E-state index is -0.522. The van der Waals surface area contributed by atoms with Crippen molar-refractivity contribution < 1.29 is 9.84 Å². The fourth-order valence-electron chi connectivity index (χ4n) is 2.00. The summed E-state index contributed by atoms with van der Waals surface area (Å²) in [6.07, 6.45) is -0.522. The van der Waals surface area contributed by atoms with Crippen molar-refractivity contribution in [2.75, 3.05) is 25.9 Å². The number of nitrogens with zero attached hydrogens (tertiary/aromatic N) is 1. The molecule has 2 atom stereocenters. The van der Waals surface area contributed by atoms with Crippen LogP contribution in [-0.4, -0.2) is 42.4 Å². The summed E-state index contributed by atoms with van der Waals surface area (Å²) in [6.45, 7) is 9.62. The van der Waals surface area contributed by atoms with Gasteiger partial charge in [-0.15, -0.1) is 0 Å². The van der Waals surface area contributed by atoms with E-state index in [0.29, 0.717) is 24.0 Å². The van der Waals surface area contributed by atoms with Gasteiger partial charge in [-0.1, -0.05) is 26.8 Å². The number of nitrogen functional groups attached to an aromatic ring is 1. The van der Waals surface area contributed by atoms with Gasteiger partial charge in [-0.2, -0.15) is 0 Å². The number of anilines is 1. The van der Waals surface area contributed by atoms with Crippen LogP contribution in [0.5, 0.6) is 5.75 Å². The van der Waals surface area contributed by atoms with Gasteiger partial charge in [-0.05, 0) is 31.5 Å². The molecule has 0 aromatic heterocycles. The van der Waals surface area contributed by atoms with Crippen molar-refractivity contribution in [3.8, 4) is 5.75 Å². The summed E-state index contributed by atoms with van der Waals surface area (Å²) in [7, 11) is 2.03. The highest BCUT2D eigenvalue weighted by molar-refractivity contribution is 5.43. The maximum atomic E-state index is 10.1. The molecule has 0 amide bonds. The van der Waals surface area contributed by atoms with Crippen LogP contribution in [0.3, 0.4) is 0 Å². The molecule has 2 unspecified atom stereocenters. The third kappa shape index (κ3) is 5.39. The van der Waals surface area contributed by atoms with Crippen molar-refractivity contribution in [1.82, 2.24) is 4.90 Å². The van der Waals surface area contributed by atoms with Crippen LogP contribution in [-0.2, 0) is 0 Å². The minimum Gasteiger partial charge on any atom is -0.491 e. The zero-order valence-corrected chi connectivity index (χ0v) is 13.3. The summed E-state index contributed by atoms with van der Waals surface area (Å²) >= 11 is 0. The second kappa shape index (κ2) is 6.95. The van der Waals surface area contributed by atoms with Crippen LogP contribution in [0.4, 0.5) is 5.69 Å². The molecule has 0 spiro atoms. The lowest BCUT2D eigenvalue weighted by Crippen LogP contribution is -2.44. The number of likely N-dealkylation sites (N-methyl/N-ethyl adjacent to an activating group) is 1. The Bertz CT molecular complexity index is 415. The molecule has 0 heterocycles. The normalized spacial score (nSPS) is 15.2. The number of hydrogen-bond acceptors (Lipinski definition) is 4. The van der Waals surface area contributed by atoms with Gasteiger partial charge in [-0.3, -0.25) is 0 Å². The molecule has 0 aliphatic carbocycles. The highest BCUT2D eigenvalue weighted by atomic mass is 16.5. The first kappa shape index (κ1) is 16.8. The smallest absolute Gasteiger partial charge is 0.121 e. The summed E-state index contributed by atoms with van der Waals surface area (Å²) in [5.41, 5.74) is 6.53. The Morgan fingerprint density at radius 3 is 2.55 bits per heavy atom. The molecule has 4 nitrogen and oxygen atoms in total. The quantitative estimate of drug-likeness (QED) is 0.786. The lowest BCUT2D eigenvalue weighted by molar-refractivity contribution is 0.0442. The van der Waals surface area contributed by atoms with E-state index in [0.717, 1.165) is 0 Å². The maximum absolute atomic E-state index is 10.1. The van der Waals surface area contributed by atoms with Crippen LogP contribution >= 0.6 is 0 Å². The van der Waals surface area contributed by atoms with Gasteiger partial charge in [0.1, 0.15) is 18.5 Å². The predicted molar refractivity (Wildman–Crippen MR) is 83.9 cm³/mol. The van der Waals surface area contributed by atoms with Crippen LogP contribution in [0.2, 0.25) is 0 Å². The fraction of sp³-hybridized carbons (Fsp3) is 0.625. The van der Waals surface area contributed by atoms with Crippen molar-refractivity contribution >= 4 is 5.69 Å². The Morgan fingerprint density at radius 2 is 2.00 bits per heavy atom. The van der Waals surface area contributed by atoms with Crippen molar-refractivity contribution in [1.29, 1.82) is 0 Å². The van der Waals surface area contributed by atoms with Gasteiger partial charge in [0.05, 0.1) is 0 Å². The van der Waals surface area contributed by atoms with Gasteiger partial charge >= 0.3 is 0 Å². The molecule has 3 N–H and O–H groups in total. The monoisotopic (exact) mass is 280 g/mol. The van der Waals surface area contributed by atoms with E-state index < -0.39 is 6.10 Å². The van der Waals surface area contributed by atoms with Crippen molar-refractivity contribution in [3.63, 3.8) is 0 Å². The van der Waals surface area contributed by atoms with Gasteiger partial charge in [-0.25, -0.2) is 0 Å². The lowest BCUT2D eigenvalue weighted by atomic mass is 9.87. The fourth-order valence-corrected chi connectivity index (χ4v) is 2.00. The van der Waals surface area contributed by atoms with Crippen LogP contribution in [0.1, 0.15) is 27.7 Å². The summed E-state index contributed by atoms with van der Waals surface area (Å²) < 4.78 is 5.56. The number of hydrogen-bond donors (Lipinski definition) is 2. The molecule has 0 radical (unpaired) electrons. The molecular formula is C16H28N2O2. The zero-order chi connectivity index (χ0) is 15.3. The summed E-state index contributed by atoms with van der Waals surface area (Å²) in [6, 6.07) is 7.62. The number of ether oxygens (including phenoxy) is 1. The Hall–Kier alpha value is -1.26. The van der Waals surface area contributed by atoms with Crippen LogP contribution in [0.15, 0.2) is 24.3 Å². The Morgan fingerprint density at radius 1 is 1.35 bits per heavy atom. The lowest BCUT2D eigenvalue weighted by Gasteiger charge is -2.36. The highest BCUT2D eigenvalue weighted by Crippen LogP contribution is 2.23. The molecule has 114 valence electrons. The Balaban J connectivity index is 2.42. The first-order valence-electron chi connectivity index (χ1n) is 7.07. The van der Waals surface area contributed by atoms with E-state index >= 15 is 0 Å². The van der Waals surface area contributed by atoms with Crippen molar-refractivity contribution in [3.05, 3.63) is 24.3 Å². The second-order valence-corrected chi connectivity index (χ2v) is 6.52. The topological polar surface area (TPSA) is 58.7 Å². The highest BCUT2D eigenvalue weighted by Gasteiger charge is 2.25. The van der Waals surface area contributed by atoms with Crippen LogP contribution < -0.4 is 10.5 Å². The molecular weight excluding hydrogens is 252 g/mol. The zero-order valence-electron chi connectivity index (χ0n) is 13.3. The third-order valence-corrected chi connectivity index (χ3v) is 3.71. The first-order valence-corrected chi connectivity index (χ1v) is 7.07. The Kier molecular flexibility index (Phi) is 5.84. The van der Waals surface area contributed by atoms with E-state index in [2.05, 4.69) is 32.6 Å². The molecule has 0 saturated carbocycles. The van der Waals surface area contributed by atoms with Crippen molar-refractivity contribution in [2.45, 2.75) is 39.8 Å². The molecule has 0 aliphatic rings. The van der Waals surface area contributed by atoms with Crippen LogP contribution in [0, 0.1) is 5.41 Å². The number of aliphatic hydroxyl groups excluding tert-OH is 1. The van der Waals surface area contributed by atoms with E-state index in [-0.39, 0.29) is 12.0 Å². The molecule has 0 aliphatic heterocycles. The van der Waals surface area contributed by atoms with E-state index in [1.54, 1.807) is 6.07 Å². The number of nitrogens with two attached hydrogens (primary N) is 1. The van der Waals surface area contributed by atoms with E-state index in [1.807, 2.05) is 25.2 Å². The summed E-state index contributed by atoms with van der Waals surface area (Å²) in [4.78, 5) is 2.16. The molecule has 20 heavy (non-hydrogen) atoms. The maximum Gasteiger partial charge on any atom is 0.121 e. The SMILES string of the molecule is CC(N(C)CC(O)COc1cccc(N)c1)C(C)(C)C. The van der Waals surface area contributed by atoms with E-state index in [1.165, 1.54) is 0 Å². The molecule has 1 rings (SSSR count). The van der Waals surface area contributed by atoms with Gasteiger partial charge < -0.3 is 20.5 Å². The standard InChI is InChI=1S/C16H28N2O2/c1-12(16(2,3)4)18(5)10-14(19)11-20-15-8-6-7-13(17)9-15/h6-9,12,14,19H,10-11,17H2,1-5H3. The molecule has 0 fully saturated rings. The number of rotatable bonds is 6. The third-order valence-electron chi connectivity index (χ3n) is 3.71. The molecule has 0 saturated heterocycles. The first-order chi connectivity index (χ1) is 9.20. The predicted octanol–water partition coefficient (Wildman–Crippen LogP) is 2.37. The summed E-state index contributed by atoms with van der Waals surface area (Å²) in [5, 5.41) is 10.1. The second-order valence-electron chi connectivity index (χ2n) is 6.52. The molecule has 0 bridgehead atoms. The number of benzene rings is 1. The number of aliphatic hydroxyl groups is 1. The van der Waals surface area contributed by atoms with Gasteiger partial charge in [0.2, 0.25) is 0 Å². The average Bonchev–Trinajstić information content (AvgIpc) is 2.34. The minimum absolute atomic E-state index is 0.184. The molecule has 4 heteroatoms. The Labute approximate surface area is 122 Å². The summed E-state index contributed by atoms with van der Waals surface area (Å²) in [5.74, 6) is 0.690. The molecule has 1 aromatic carbocycles. The largest absolute Gasteiger partial charge is 0.491 e.